The Morgan fingerprint density at radius 1 is 1.22 bits per heavy atom. The molecule has 1 saturated carbocycles. The number of anilines is 2. The van der Waals surface area contributed by atoms with Crippen LogP contribution in [0.15, 0.2) is 24.3 Å². The molecule has 0 heterocycles. The average Bonchev–Trinajstić information content (AvgIpc) is 2.82. The van der Waals surface area contributed by atoms with Gasteiger partial charge in [0.2, 0.25) is 5.91 Å². The summed E-state index contributed by atoms with van der Waals surface area (Å²) in [5.74, 6) is 0.0736. The first-order valence-electron chi connectivity index (χ1n) is 6.82. The van der Waals surface area contributed by atoms with Gasteiger partial charge in [-0.3, -0.25) is 4.79 Å². The van der Waals surface area contributed by atoms with Crippen molar-refractivity contribution in [3.8, 4) is 0 Å². The third kappa shape index (κ3) is 3.49. The zero-order valence-corrected chi connectivity index (χ0v) is 11.2. The van der Waals surface area contributed by atoms with Crippen LogP contribution in [0, 0.1) is 5.92 Å². The highest BCUT2D eigenvalue weighted by Gasteiger charge is 2.14. The maximum absolute atomic E-state index is 11.6. The molecule has 1 fully saturated rings. The molecule has 0 bridgehead atoms. The van der Waals surface area contributed by atoms with Crippen LogP contribution in [0.2, 0.25) is 0 Å². The van der Waals surface area contributed by atoms with E-state index in [1.165, 1.54) is 25.7 Å². The minimum atomic E-state index is 0.0106. The quantitative estimate of drug-likeness (QED) is 0.851. The van der Waals surface area contributed by atoms with Gasteiger partial charge in [-0.1, -0.05) is 32.8 Å². The van der Waals surface area contributed by atoms with E-state index in [0.29, 0.717) is 6.04 Å². The molecule has 0 radical (unpaired) electrons. The average molecular weight is 246 g/mol. The van der Waals surface area contributed by atoms with Crippen molar-refractivity contribution in [2.24, 2.45) is 5.92 Å². The van der Waals surface area contributed by atoms with E-state index < -0.39 is 0 Å². The van der Waals surface area contributed by atoms with E-state index in [1.807, 2.05) is 32.0 Å². The van der Waals surface area contributed by atoms with Crippen molar-refractivity contribution in [2.45, 2.75) is 45.6 Å². The Morgan fingerprint density at radius 3 is 2.56 bits per heavy atom. The summed E-state index contributed by atoms with van der Waals surface area (Å²) in [7, 11) is 0. The molecule has 0 spiro atoms. The van der Waals surface area contributed by atoms with Crippen LogP contribution < -0.4 is 10.6 Å². The van der Waals surface area contributed by atoms with Crippen molar-refractivity contribution in [1.29, 1.82) is 0 Å². The number of amides is 1. The van der Waals surface area contributed by atoms with Crippen LogP contribution in [0.5, 0.6) is 0 Å². The second kappa shape index (κ2) is 5.89. The lowest BCUT2D eigenvalue weighted by Gasteiger charge is -2.15. The van der Waals surface area contributed by atoms with E-state index in [0.717, 1.165) is 11.4 Å². The molecule has 3 heteroatoms. The summed E-state index contributed by atoms with van der Waals surface area (Å²) in [6.07, 6.45) is 5.15. The summed E-state index contributed by atoms with van der Waals surface area (Å²) in [5.41, 5.74) is 1.97. The number of rotatable bonds is 4. The van der Waals surface area contributed by atoms with E-state index in [2.05, 4.69) is 16.7 Å². The van der Waals surface area contributed by atoms with Gasteiger partial charge in [-0.05, 0) is 31.0 Å². The summed E-state index contributed by atoms with van der Waals surface area (Å²) < 4.78 is 0. The largest absolute Gasteiger partial charge is 0.382 e. The van der Waals surface area contributed by atoms with Gasteiger partial charge in [0, 0.05) is 23.3 Å². The minimum absolute atomic E-state index is 0.0106. The third-order valence-corrected chi connectivity index (χ3v) is 3.38. The first-order valence-corrected chi connectivity index (χ1v) is 6.82. The Labute approximate surface area is 109 Å². The van der Waals surface area contributed by atoms with Gasteiger partial charge >= 0.3 is 0 Å². The first-order chi connectivity index (χ1) is 8.65. The SMILES string of the molecule is CC(C)C(=O)Nc1cccc(NC2CCCC2)c1. The molecule has 3 nitrogen and oxygen atoms in total. The standard InChI is InChI=1S/C15H22N2O/c1-11(2)15(18)17-14-9-5-8-13(10-14)16-12-6-3-4-7-12/h5,8-12,16H,3-4,6-7H2,1-2H3,(H,17,18). The predicted octanol–water partition coefficient (Wildman–Crippen LogP) is 3.64. The maximum Gasteiger partial charge on any atom is 0.226 e. The Bertz CT molecular complexity index is 409. The minimum Gasteiger partial charge on any atom is -0.382 e. The van der Waals surface area contributed by atoms with Gasteiger partial charge in [0.05, 0.1) is 0 Å². The first kappa shape index (κ1) is 12.9. The molecule has 1 amide bonds. The van der Waals surface area contributed by atoms with Crippen molar-refractivity contribution < 1.29 is 4.79 Å². The molecule has 0 aliphatic heterocycles. The van der Waals surface area contributed by atoms with E-state index in [-0.39, 0.29) is 11.8 Å². The second-order valence-corrected chi connectivity index (χ2v) is 5.35. The fourth-order valence-corrected chi connectivity index (χ4v) is 2.28. The van der Waals surface area contributed by atoms with Gasteiger partial charge in [0.1, 0.15) is 0 Å². The highest BCUT2D eigenvalue weighted by molar-refractivity contribution is 5.92. The molecule has 0 saturated heterocycles. The summed E-state index contributed by atoms with van der Waals surface area (Å²) in [4.78, 5) is 11.6. The number of hydrogen-bond donors (Lipinski definition) is 2. The van der Waals surface area contributed by atoms with Crippen molar-refractivity contribution in [3.05, 3.63) is 24.3 Å². The molecule has 98 valence electrons. The summed E-state index contributed by atoms with van der Waals surface area (Å²) in [6.45, 7) is 3.80. The Morgan fingerprint density at radius 2 is 1.89 bits per heavy atom. The normalized spacial score (nSPS) is 15.9. The molecule has 0 unspecified atom stereocenters. The lowest BCUT2D eigenvalue weighted by Crippen LogP contribution is -2.18. The van der Waals surface area contributed by atoms with Crippen LogP contribution in [0.1, 0.15) is 39.5 Å². The molecular weight excluding hydrogens is 224 g/mol. The fraction of sp³-hybridized carbons (Fsp3) is 0.533. The molecular formula is C15H22N2O. The van der Waals surface area contributed by atoms with Crippen molar-refractivity contribution in [1.82, 2.24) is 0 Å². The smallest absolute Gasteiger partial charge is 0.226 e. The van der Waals surface area contributed by atoms with Crippen LogP contribution in [-0.2, 0) is 4.79 Å². The summed E-state index contributed by atoms with van der Waals surface area (Å²) in [5, 5.41) is 6.46. The number of carbonyl (C=O) groups excluding carboxylic acids is 1. The monoisotopic (exact) mass is 246 g/mol. The van der Waals surface area contributed by atoms with Gasteiger partial charge in [0.25, 0.3) is 0 Å². The molecule has 2 rings (SSSR count). The number of benzene rings is 1. The maximum atomic E-state index is 11.6. The molecule has 1 aromatic rings. The van der Waals surface area contributed by atoms with Crippen molar-refractivity contribution >= 4 is 17.3 Å². The van der Waals surface area contributed by atoms with E-state index >= 15 is 0 Å². The van der Waals surface area contributed by atoms with Crippen LogP contribution in [-0.4, -0.2) is 11.9 Å². The summed E-state index contributed by atoms with van der Waals surface area (Å²) in [6, 6.07) is 8.58. The van der Waals surface area contributed by atoms with Crippen LogP contribution in [0.3, 0.4) is 0 Å². The van der Waals surface area contributed by atoms with Crippen LogP contribution in [0.25, 0.3) is 0 Å². The molecule has 1 aliphatic carbocycles. The van der Waals surface area contributed by atoms with E-state index in [4.69, 9.17) is 0 Å². The molecule has 1 aromatic carbocycles. The van der Waals surface area contributed by atoms with E-state index in [1.54, 1.807) is 0 Å². The highest BCUT2D eigenvalue weighted by Crippen LogP contribution is 2.23. The van der Waals surface area contributed by atoms with Gasteiger partial charge in [-0.2, -0.15) is 0 Å². The molecule has 1 aliphatic rings. The lowest BCUT2D eigenvalue weighted by molar-refractivity contribution is -0.118. The highest BCUT2D eigenvalue weighted by atomic mass is 16.1. The van der Waals surface area contributed by atoms with Gasteiger partial charge < -0.3 is 10.6 Å². The topological polar surface area (TPSA) is 41.1 Å². The zero-order chi connectivity index (χ0) is 13.0. The fourth-order valence-electron chi connectivity index (χ4n) is 2.28. The van der Waals surface area contributed by atoms with E-state index in [9.17, 15) is 4.79 Å². The molecule has 2 N–H and O–H groups in total. The predicted molar refractivity (Wildman–Crippen MR) is 75.8 cm³/mol. The second-order valence-electron chi connectivity index (χ2n) is 5.35. The van der Waals surface area contributed by atoms with Gasteiger partial charge in [-0.25, -0.2) is 0 Å². The summed E-state index contributed by atoms with van der Waals surface area (Å²) >= 11 is 0. The zero-order valence-electron chi connectivity index (χ0n) is 11.2. The molecule has 0 atom stereocenters. The van der Waals surface area contributed by atoms with Gasteiger partial charge in [0.15, 0.2) is 0 Å². The lowest BCUT2D eigenvalue weighted by atomic mass is 10.2. The van der Waals surface area contributed by atoms with Crippen molar-refractivity contribution in [2.75, 3.05) is 10.6 Å². The Balaban J connectivity index is 1.98. The number of carbonyl (C=O) groups is 1. The Kier molecular flexibility index (Phi) is 4.24. The number of hydrogen-bond acceptors (Lipinski definition) is 2. The van der Waals surface area contributed by atoms with Gasteiger partial charge in [-0.15, -0.1) is 0 Å². The molecule has 0 aromatic heterocycles. The molecule has 18 heavy (non-hydrogen) atoms. The number of nitrogens with one attached hydrogen (secondary N) is 2. The van der Waals surface area contributed by atoms with Crippen LogP contribution >= 0.6 is 0 Å². The Hall–Kier alpha value is -1.51. The van der Waals surface area contributed by atoms with Crippen LogP contribution in [0.4, 0.5) is 11.4 Å². The van der Waals surface area contributed by atoms with Crippen molar-refractivity contribution in [3.63, 3.8) is 0 Å². The third-order valence-electron chi connectivity index (χ3n) is 3.38.